The van der Waals surface area contributed by atoms with Crippen molar-refractivity contribution in [2.75, 3.05) is 18.4 Å². The van der Waals surface area contributed by atoms with Gasteiger partial charge in [0.05, 0.1) is 17.6 Å². The molecule has 2 unspecified atom stereocenters. The molecule has 0 saturated carbocycles. The van der Waals surface area contributed by atoms with Gasteiger partial charge in [0, 0.05) is 43.0 Å². The van der Waals surface area contributed by atoms with E-state index in [0.29, 0.717) is 32.1 Å². The molecule has 0 spiro atoms. The van der Waals surface area contributed by atoms with E-state index >= 15 is 0 Å². The van der Waals surface area contributed by atoms with Gasteiger partial charge >= 0.3 is 12.3 Å². The minimum absolute atomic E-state index is 0.135. The van der Waals surface area contributed by atoms with Gasteiger partial charge in [-0.15, -0.1) is 0 Å². The molecule has 1 aliphatic rings. The summed E-state index contributed by atoms with van der Waals surface area (Å²) in [5, 5.41) is 13.2. The number of hydrogen-bond acceptors (Lipinski definition) is 6. The number of nitrogens with zero attached hydrogens (tertiary/aromatic N) is 4. The number of halogens is 4. The summed E-state index contributed by atoms with van der Waals surface area (Å²) in [5.74, 6) is -0.410. The summed E-state index contributed by atoms with van der Waals surface area (Å²) >= 11 is 0. The highest BCUT2D eigenvalue weighted by Gasteiger charge is 2.51. The zero-order valence-electron chi connectivity index (χ0n) is 20.2. The Morgan fingerprint density at radius 2 is 1.92 bits per heavy atom. The minimum Gasteiger partial charge on any atom is -0.444 e. The Hall–Kier alpha value is -3.41. The number of amides is 1. The van der Waals surface area contributed by atoms with Crippen LogP contribution in [0, 0.1) is 5.82 Å². The Labute approximate surface area is 204 Å². The van der Waals surface area contributed by atoms with E-state index in [9.17, 15) is 27.5 Å². The fourth-order valence-corrected chi connectivity index (χ4v) is 3.90. The second-order valence-electron chi connectivity index (χ2n) is 9.97. The van der Waals surface area contributed by atoms with Crippen LogP contribution in [-0.4, -0.2) is 61.4 Å². The number of pyridine rings is 2. The van der Waals surface area contributed by atoms with Gasteiger partial charge in [-0.3, -0.25) is 4.40 Å². The van der Waals surface area contributed by atoms with Crippen molar-refractivity contribution >= 4 is 17.6 Å². The number of fused-ring (bicyclic) bond motifs is 1. The third-order valence-corrected chi connectivity index (χ3v) is 5.86. The first-order valence-electron chi connectivity index (χ1n) is 11.3. The Kier molecular flexibility index (Phi) is 6.36. The van der Waals surface area contributed by atoms with Crippen LogP contribution >= 0.6 is 0 Å². The van der Waals surface area contributed by atoms with Gasteiger partial charge in [-0.05, 0) is 40.2 Å². The Bertz CT molecular complexity index is 1280. The maximum Gasteiger partial charge on any atom is 0.421 e. The van der Waals surface area contributed by atoms with Crippen LogP contribution in [-0.2, 0) is 10.3 Å². The second-order valence-corrected chi connectivity index (χ2v) is 9.97. The van der Waals surface area contributed by atoms with Gasteiger partial charge < -0.3 is 20.1 Å². The van der Waals surface area contributed by atoms with E-state index in [-0.39, 0.29) is 23.2 Å². The Balaban J connectivity index is 1.58. The molecule has 0 aromatic carbocycles. The highest BCUT2D eigenvalue weighted by molar-refractivity contribution is 5.69. The molecule has 194 valence electrons. The quantitative estimate of drug-likeness (QED) is 0.495. The lowest BCUT2D eigenvalue weighted by atomic mass is 9.97. The molecule has 3 aromatic heterocycles. The third kappa shape index (κ3) is 5.23. The molecule has 2 atom stereocenters. The molecule has 0 bridgehead atoms. The summed E-state index contributed by atoms with van der Waals surface area (Å²) in [6, 6.07) is 4.62. The molecule has 4 rings (SSSR count). The van der Waals surface area contributed by atoms with E-state index in [4.69, 9.17) is 4.74 Å². The topological polar surface area (TPSA) is 92.0 Å². The molecule has 1 aliphatic heterocycles. The van der Waals surface area contributed by atoms with E-state index in [1.54, 1.807) is 25.7 Å². The van der Waals surface area contributed by atoms with Crippen LogP contribution in [0.15, 0.2) is 36.7 Å². The standard InChI is InChI=1S/C24H27F4N5O3/c1-22(2,3)36-21(34)32-8-7-16(13-32)30-19-10-15(25)9-17(31-19)18-11-29-20-6-5-14(12-33(18)20)23(4,35)24(26,27)28/h5-6,9-12,16,35H,7-8,13H2,1-4H3,(H,30,31). The van der Waals surface area contributed by atoms with E-state index in [0.717, 1.165) is 18.3 Å². The first-order valence-corrected chi connectivity index (χ1v) is 11.3. The molecule has 36 heavy (non-hydrogen) atoms. The van der Waals surface area contributed by atoms with Gasteiger partial charge in [-0.1, -0.05) is 6.07 Å². The SMILES string of the molecule is CC(C)(C)OC(=O)N1CCC(Nc2cc(F)cc(-c3cnc4ccc(C(C)(O)C(F)(F)F)cn34)n2)C1. The largest absolute Gasteiger partial charge is 0.444 e. The van der Waals surface area contributed by atoms with Crippen LogP contribution in [0.3, 0.4) is 0 Å². The highest BCUT2D eigenvalue weighted by atomic mass is 19.4. The average molecular weight is 510 g/mol. The van der Waals surface area contributed by atoms with E-state index in [1.807, 2.05) is 0 Å². The molecular formula is C24H27F4N5O3. The lowest BCUT2D eigenvalue weighted by molar-refractivity contribution is -0.259. The molecule has 0 aliphatic carbocycles. The number of hydrogen-bond donors (Lipinski definition) is 2. The molecular weight excluding hydrogens is 482 g/mol. The van der Waals surface area contributed by atoms with Crippen molar-refractivity contribution in [3.8, 4) is 11.4 Å². The van der Waals surface area contributed by atoms with Gasteiger partial charge in [0.2, 0.25) is 0 Å². The van der Waals surface area contributed by atoms with Gasteiger partial charge in [-0.2, -0.15) is 13.2 Å². The fraction of sp³-hybridized carbons (Fsp3) is 0.458. The number of likely N-dealkylation sites (tertiary alicyclic amines) is 1. The van der Waals surface area contributed by atoms with Crippen molar-refractivity contribution in [2.24, 2.45) is 0 Å². The first-order chi connectivity index (χ1) is 16.6. The van der Waals surface area contributed by atoms with Crippen LogP contribution in [0.4, 0.5) is 28.2 Å². The van der Waals surface area contributed by atoms with Crippen molar-refractivity contribution in [1.29, 1.82) is 0 Å². The van der Waals surface area contributed by atoms with Crippen molar-refractivity contribution in [3.63, 3.8) is 0 Å². The summed E-state index contributed by atoms with van der Waals surface area (Å²) in [7, 11) is 0. The number of aromatic nitrogens is 3. The van der Waals surface area contributed by atoms with Gasteiger partial charge in [-0.25, -0.2) is 19.2 Å². The van der Waals surface area contributed by atoms with Gasteiger partial charge in [0.25, 0.3) is 0 Å². The van der Waals surface area contributed by atoms with Crippen LogP contribution < -0.4 is 5.32 Å². The van der Waals surface area contributed by atoms with Crippen LogP contribution in [0.1, 0.15) is 39.7 Å². The van der Waals surface area contributed by atoms with Crippen molar-refractivity contribution in [3.05, 3.63) is 48.0 Å². The van der Waals surface area contributed by atoms with E-state index < -0.39 is 34.9 Å². The first kappa shape index (κ1) is 25.7. The lowest BCUT2D eigenvalue weighted by Gasteiger charge is -2.26. The number of rotatable bonds is 4. The van der Waals surface area contributed by atoms with Gasteiger partial charge in [0.15, 0.2) is 5.60 Å². The normalized spacial score (nSPS) is 18.4. The minimum atomic E-state index is -4.90. The molecule has 1 saturated heterocycles. The number of ether oxygens (including phenoxy) is 1. The fourth-order valence-electron chi connectivity index (χ4n) is 3.90. The summed E-state index contributed by atoms with van der Waals surface area (Å²) in [6.45, 7) is 6.81. The summed E-state index contributed by atoms with van der Waals surface area (Å²) < 4.78 is 61.3. The zero-order chi connectivity index (χ0) is 26.5. The number of anilines is 1. The molecule has 1 amide bonds. The summed E-state index contributed by atoms with van der Waals surface area (Å²) in [4.78, 5) is 22.5. The lowest BCUT2D eigenvalue weighted by Crippen LogP contribution is -2.39. The van der Waals surface area contributed by atoms with E-state index in [2.05, 4.69) is 15.3 Å². The average Bonchev–Trinajstić information content (AvgIpc) is 3.38. The monoisotopic (exact) mass is 509 g/mol. The van der Waals surface area contributed by atoms with Crippen LogP contribution in [0.5, 0.6) is 0 Å². The van der Waals surface area contributed by atoms with E-state index in [1.165, 1.54) is 22.7 Å². The van der Waals surface area contributed by atoms with Crippen LogP contribution in [0.2, 0.25) is 0 Å². The number of carbonyl (C=O) groups excluding carboxylic acids is 1. The number of imidazole rings is 1. The van der Waals surface area contributed by atoms with Crippen molar-refractivity contribution in [1.82, 2.24) is 19.3 Å². The predicted octanol–water partition coefficient (Wildman–Crippen LogP) is 4.73. The number of alkyl halides is 3. The van der Waals surface area contributed by atoms with Gasteiger partial charge in [0.1, 0.15) is 22.9 Å². The Morgan fingerprint density at radius 3 is 2.58 bits per heavy atom. The number of nitrogens with one attached hydrogen (secondary N) is 1. The summed E-state index contributed by atoms with van der Waals surface area (Å²) in [5.41, 5.74) is -3.43. The smallest absolute Gasteiger partial charge is 0.421 e. The third-order valence-electron chi connectivity index (χ3n) is 5.86. The molecule has 8 nitrogen and oxygen atoms in total. The maximum absolute atomic E-state index is 14.5. The highest BCUT2D eigenvalue weighted by Crippen LogP contribution is 2.38. The molecule has 0 radical (unpaired) electrons. The van der Waals surface area contributed by atoms with Crippen LogP contribution in [0.25, 0.3) is 17.0 Å². The molecule has 2 N–H and O–H groups in total. The molecule has 1 fully saturated rings. The Morgan fingerprint density at radius 1 is 1.19 bits per heavy atom. The predicted molar refractivity (Wildman–Crippen MR) is 124 cm³/mol. The van der Waals surface area contributed by atoms with Crippen molar-refractivity contribution < 1.29 is 32.2 Å². The van der Waals surface area contributed by atoms with Crippen molar-refractivity contribution in [2.45, 2.75) is 57.5 Å². The molecule has 4 heterocycles. The molecule has 12 heteroatoms. The second kappa shape index (κ2) is 8.91. The number of carbonyl (C=O) groups is 1. The maximum atomic E-state index is 14.5. The summed E-state index contributed by atoms with van der Waals surface area (Å²) in [6.07, 6.45) is -2.26. The number of aliphatic hydroxyl groups is 1. The zero-order valence-corrected chi connectivity index (χ0v) is 20.2. The molecule has 3 aromatic rings.